The number of nitrogens with one attached hydrogen (secondary N) is 1. The highest BCUT2D eigenvalue weighted by atomic mass is 16.5. The van der Waals surface area contributed by atoms with Gasteiger partial charge in [-0.15, -0.1) is 0 Å². The number of carbonyl (C=O) groups is 2. The first-order chi connectivity index (χ1) is 18.9. The molecule has 0 bridgehead atoms. The third-order valence-corrected chi connectivity index (χ3v) is 8.48. The van der Waals surface area contributed by atoms with Gasteiger partial charge < -0.3 is 9.30 Å². The molecule has 1 aliphatic carbocycles. The van der Waals surface area contributed by atoms with Crippen molar-refractivity contribution in [1.29, 1.82) is 0 Å². The van der Waals surface area contributed by atoms with Crippen LogP contribution in [0.1, 0.15) is 68.8 Å². The van der Waals surface area contributed by atoms with Crippen LogP contribution >= 0.6 is 0 Å². The molecular formula is C30H36N6O3. The first-order valence-corrected chi connectivity index (χ1v) is 14.0. The molecule has 6 rings (SSSR count). The summed E-state index contributed by atoms with van der Waals surface area (Å²) in [4.78, 5) is 37.4. The van der Waals surface area contributed by atoms with Gasteiger partial charge in [-0.05, 0) is 61.4 Å². The van der Waals surface area contributed by atoms with Crippen molar-refractivity contribution in [3.8, 4) is 17.3 Å². The van der Waals surface area contributed by atoms with Crippen LogP contribution in [0, 0.1) is 5.92 Å². The number of benzene rings is 1. The van der Waals surface area contributed by atoms with Gasteiger partial charge in [-0.3, -0.25) is 19.9 Å². The van der Waals surface area contributed by atoms with Gasteiger partial charge in [0.1, 0.15) is 23.4 Å². The molecule has 1 N–H and O–H groups in total. The molecule has 3 aliphatic rings. The summed E-state index contributed by atoms with van der Waals surface area (Å²) >= 11 is 0. The Labute approximate surface area is 229 Å². The van der Waals surface area contributed by atoms with Gasteiger partial charge in [-0.1, -0.05) is 31.5 Å². The maximum absolute atomic E-state index is 12.3. The van der Waals surface area contributed by atoms with E-state index in [9.17, 15) is 9.59 Å². The topological polar surface area (TPSA) is 92.6 Å². The number of ether oxygens (including phenoxy) is 1. The number of anilines is 1. The van der Waals surface area contributed by atoms with Crippen molar-refractivity contribution in [2.24, 2.45) is 13.0 Å². The van der Waals surface area contributed by atoms with Gasteiger partial charge in [0.15, 0.2) is 5.82 Å². The molecule has 9 nitrogen and oxygen atoms in total. The van der Waals surface area contributed by atoms with Crippen LogP contribution in [0.2, 0.25) is 0 Å². The van der Waals surface area contributed by atoms with E-state index in [1.807, 2.05) is 17.7 Å². The Hall–Kier alpha value is -3.72. The summed E-state index contributed by atoms with van der Waals surface area (Å²) in [7, 11) is 1.87. The highest BCUT2D eigenvalue weighted by Crippen LogP contribution is 2.35. The summed E-state index contributed by atoms with van der Waals surface area (Å²) in [5.74, 6) is 2.65. The smallest absolute Gasteiger partial charge is 0.329 e. The first-order valence-electron chi connectivity index (χ1n) is 14.0. The predicted molar refractivity (Wildman–Crippen MR) is 148 cm³/mol. The number of aromatic nitrogens is 3. The molecule has 3 atom stereocenters. The van der Waals surface area contributed by atoms with Crippen LogP contribution in [0.3, 0.4) is 0 Å². The lowest BCUT2D eigenvalue weighted by Gasteiger charge is -2.29. The van der Waals surface area contributed by atoms with Crippen LogP contribution in [-0.2, 0) is 24.9 Å². The van der Waals surface area contributed by atoms with Crippen LogP contribution in [-0.4, -0.2) is 44.0 Å². The van der Waals surface area contributed by atoms with E-state index >= 15 is 0 Å². The molecule has 0 radical (unpaired) electrons. The molecule has 4 heterocycles. The molecule has 1 saturated heterocycles. The number of pyridine rings is 1. The second-order valence-corrected chi connectivity index (χ2v) is 11.1. The van der Waals surface area contributed by atoms with Crippen molar-refractivity contribution in [2.45, 2.75) is 71.2 Å². The SMILES string of the molecule is C[C@H]1CCCC[C@H]1Oc1ccc(CN2Cc3ccc(-c4ncc(N5CCC(=O)NC5=O)n4C)nc3[C@@H]2C)cc1. The highest BCUT2D eigenvalue weighted by molar-refractivity contribution is 6.05. The number of fused-ring (bicyclic) bond motifs is 1. The lowest BCUT2D eigenvalue weighted by atomic mass is 9.88. The fourth-order valence-electron chi connectivity index (χ4n) is 6.06. The second-order valence-electron chi connectivity index (χ2n) is 11.1. The minimum atomic E-state index is -0.421. The Bertz CT molecular complexity index is 1380. The number of nitrogens with zero attached hydrogens (tertiary/aromatic N) is 5. The third-order valence-electron chi connectivity index (χ3n) is 8.48. The van der Waals surface area contributed by atoms with E-state index in [1.54, 1.807) is 11.1 Å². The lowest BCUT2D eigenvalue weighted by molar-refractivity contribution is -0.120. The minimum Gasteiger partial charge on any atom is -0.490 e. The van der Waals surface area contributed by atoms with Gasteiger partial charge in [0.25, 0.3) is 0 Å². The Kier molecular flexibility index (Phi) is 6.85. The van der Waals surface area contributed by atoms with Gasteiger partial charge in [0.2, 0.25) is 5.91 Å². The molecule has 1 saturated carbocycles. The van der Waals surface area contributed by atoms with Crippen molar-refractivity contribution in [1.82, 2.24) is 24.8 Å². The van der Waals surface area contributed by atoms with E-state index in [0.717, 1.165) is 36.6 Å². The van der Waals surface area contributed by atoms with Crippen molar-refractivity contribution >= 4 is 17.8 Å². The van der Waals surface area contributed by atoms with Crippen LogP contribution in [0.4, 0.5) is 10.6 Å². The van der Waals surface area contributed by atoms with E-state index in [-0.39, 0.29) is 18.4 Å². The van der Waals surface area contributed by atoms with Gasteiger partial charge >= 0.3 is 6.03 Å². The van der Waals surface area contributed by atoms with Crippen LogP contribution < -0.4 is 15.0 Å². The number of amides is 3. The van der Waals surface area contributed by atoms with Crippen molar-refractivity contribution in [3.05, 3.63) is 59.4 Å². The van der Waals surface area contributed by atoms with Gasteiger partial charge in [-0.25, -0.2) is 14.8 Å². The average Bonchev–Trinajstić information content (AvgIpc) is 3.45. The molecule has 2 aromatic heterocycles. The molecule has 9 heteroatoms. The summed E-state index contributed by atoms with van der Waals surface area (Å²) in [5.41, 5.74) is 4.31. The molecule has 3 aromatic rings. The zero-order valence-corrected chi connectivity index (χ0v) is 22.9. The van der Waals surface area contributed by atoms with E-state index in [0.29, 0.717) is 30.2 Å². The number of urea groups is 1. The molecule has 39 heavy (non-hydrogen) atoms. The fourth-order valence-corrected chi connectivity index (χ4v) is 6.06. The summed E-state index contributed by atoms with van der Waals surface area (Å²) in [6.45, 7) is 6.51. The van der Waals surface area contributed by atoms with Crippen LogP contribution in [0.15, 0.2) is 42.6 Å². The number of hydrogen-bond donors (Lipinski definition) is 1. The average molecular weight is 529 g/mol. The first kappa shape index (κ1) is 25.6. The molecule has 1 aromatic carbocycles. The zero-order valence-electron chi connectivity index (χ0n) is 22.9. The Morgan fingerprint density at radius 3 is 2.62 bits per heavy atom. The maximum atomic E-state index is 12.3. The van der Waals surface area contributed by atoms with Gasteiger partial charge in [-0.2, -0.15) is 0 Å². The Balaban J connectivity index is 1.13. The Morgan fingerprint density at radius 2 is 1.85 bits per heavy atom. The van der Waals surface area contributed by atoms with Gasteiger partial charge in [0, 0.05) is 33.1 Å². The zero-order chi connectivity index (χ0) is 27.1. The van der Waals surface area contributed by atoms with Crippen LogP contribution in [0.25, 0.3) is 11.5 Å². The molecule has 0 unspecified atom stereocenters. The second kappa shape index (κ2) is 10.4. The number of hydrogen-bond acceptors (Lipinski definition) is 6. The van der Waals surface area contributed by atoms with Crippen LogP contribution in [0.5, 0.6) is 5.75 Å². The molecular weight excluding hydrogens is 492 g/mol. The quantitative estimate of drug-likeness (QED) is 0.486. The molecule has 2 aliphatic heterocycles. The monoisotopic (exact) mass is 528 g/mol. The third kappa shape index (κ3) is 5.03. The van der Waals surface area contributed by atoms with E-state index < -0.39 is 6.03 Å². The van der Waals surface area contributed by atoms with Crippen molar-refractivity contribution in [2.75, 3.05) is 11.4 Å². The standard InChI is InChI=1S/C30H36N6O3/c1-19-6-4-5-7-25(19)39-23-11-8-21(9-12-23)17-35-18-22-10-13-24(32-28(22)20(35)2)29-31-16-27(34(29)3)36-15-14-26(37)33-30(36)38/h8-13,16,19-20,25H,4-7,14-15,17-18H2,1-3H3,(H,33,37,38)/t19-,20-,25+/m0/s1. The van der Waals surface area contributed by atoms with Crippen molar-refractivity contribution < 1.29 is 14.3 Å². The summed E-state index contributed by atoms with van der Waals surface area (Å²) in [6.07, 6.45) is 7.24. The number of rotatable bonds is 6. The summed E-state index contributed by atoms with van der Waals surface area (Å²) in [5, 5.41) is 2.37. The minimum absolute atomic E-state index is 0.164. The highest BCUT2D eigenvalue weighted by Gasteiger charge is 2.31. The normalized spacial score (nSPS) is 23.6. The lowest BCUT2D eigenvalue weighted by Crippen LogP contribution is -2.50. The van der Waals surface area contributed by atoms with E-state index in [2.05, 4.69) is 59.4 Å². The van der Waals surface area contributed by atoms with E-state index in [1.165, 1.54) is 30.4 Å². The maximum Gasteiger partial charge on any atom is 0.329 e. The Morgan fingerprint density at radius 1 is 1.05 bits per heavy atom. The van der Waals surface area contributed by atoms with Gasteiger partial charge in [0.05, 0.1) is 17.9 Å². The molecule has 2 fully saturated rings. The number of carbonyl (C=O) groups excluding carboxylic acids is 2. The predicted octanol–water partition coefficient (Wildman–Crippen LogP) is 4.96. The van der Waals surface area contributed by atoms with E-state index in [4.69, 9.17) is 9.72 Å². The number of imide groups is 1. The summed E-state index contributed by atoms with van der Waals surface area (Å²) < 4.78 is 8.17. The van der Waals surface area contributed by atoms with Crippen molar-refractivity contribution in [3.63, 3.8) is 0 Å². The number of imidazole rings is 1. The molecule has 3 amide bonds. The fraction of sp³-hybridized carbons (Fsp3) is 0.467. The summed E-state index contributed by atoms with van der Waals surface area (Å²) in [6, 6.07) is 12.5. The molecule has 204 valence electrons. The molecule has 0 spiro atoms. The largest absolute Gasteiger partial charge is 0.490 e.